The summed E-state index contributed by atoms with van der Waals surface area (Å²) in [5.74, 6) is 0.939. The number of nitrogens with two attached hydrogens (primary N) is 1. The summed E-state index contributed by atoms with van der Waals surface area (Å²) >= 11 is 3.28. The third kappa shape index (κ3) is 4.24. The van der Waals surface area contributed by atoms with Gasteiger partial charge < -0.3 is 15.8 Å². The Morgan fingerprint density at radius 3 is 2.80 bits per heavy atom. The smallest absolute Gasteiger partial charge is 0.228 e. The fraction of sp³-hybridized carbons (Fsp3) is 0.143. The number of carbonyl (C=O) groups is 1. The molecule has 104 valence electrons. The van der Waals surface area contributed by atoms with Crippen molar-refractivity contribution < 1.29 is 9.53 Å². The van der Waals surface area contributed by atoms with Gasteiger partial charge in [-0.15, -0.1) is 0 Å². The van der Waals surface area contributed by atoms with Crippen molar-refractivity contribution in [3.05, 3.63) is 47.1 Å². The van der Waals surface area contributed by atoms with E-state index in [4.69, 9.17) is 10.5 Å². The predicted octanol–water partition coefficient (Wildman–Crippen LogP) is 2.83. The number of carbonyl (C=O) groups excluding carboxylic acids is 1. The van der Waals surface area contributed by atoms with Crippen molar-refractivity contribution in [1.82, 2.24) is 4.98 Å². The molecule has 2 aromatic rings. The first kappa shape index (κ1) is 14.3. The third-order valence-electron chi connectivity index (χ3n) is 2.50. The van der Waals surface area contributed by atoms with Crippen LogP contribution in [0.25, 0.3) is 0 Å². The number of anilines is 2. The molecule has 1 heterocycles. The number of ether oxygens (including phenoxy) is 1. The van der Waals surface area contributed by atoms with E-state index in [-0.39, 0.29) is 18.9 Å². The number of halogens is 1. The van der Waals surface area contributed by atoms with Gasteiger partial charge in [0.25, 0.3) is 0 Å². The molecule has 0 aliphatic rings. The fourth-order valence-corrected chi connectivity index (χ4v) is 1.76. The Bertz CT molecular complexity index is 587. The van der Waals surface area contributed by atoms with Crippen LogP contribution >= 0.6 is 15.9 Å². The van der Waals surface area contributed by atoms with E-state index in [1.54, 1.807) is 24.4 Å². The van der Waals surface area contributed by atoms with Gasteiger partial charge in [0.2, 0.25) is 5.91 Å². The van der Waals surface area contributed by atoms with Gasteiger partial charge in [-0.3, -0.25) is 4.79 Å². The van der Waals surface area contributed by atoms with E-state index in [1.165, 1.54) is 0 Å². The zero-order valence-electron chi connectivity index (χ0n) is 10.7. The van der Waals surface area contributed by atoms with Gasteiger partial charge in [0.05, 0.1) is 18.7 Å². The zero-order valence-corrected chi connectivity index (χ0v) is 12.3. The summed E-state index contributed by atoms with van der Waals surface area (Å²) < 4.78 is 6.31. The maximum atomic E-state index is 11.7. The van der Waals surface area contributed by atoms with Crippen LogP contribution in [0.2, 0.25) is 0 Å². The molecule has 0 bridgehead atoms. The van der Waals surface area contributed by atoms with Gasteiger partial charge in [-0.05, 0) is 40.2 Å². The molecular formula is C14H14BrN3O2. The van der Waals surface area contributed by atoms with Gasteiger partial charge in [0.15, 0.2) is 0 Å². The molecule has 2 rings (SSSR count). The van der Waals surface area contributed by atoms with Crippen LogP contribution < -0.4 is 15.8 Å². The predicted molar refractivity (Wildman–Crippen MR) is 81.5 cm³/mol. The van der Waals surface area contributed by atoms with Crippen LogP contribution in [0.4, 0.5) is 11.5 Å². The summed E-state index contributed by atoms with van der Waals surface area (Å²) in [5.41, 5.74) is 6.29. The molecule has 0 aliphatic heterocycles. The lowest BCUT2D eigenvalue weighted by atomic mass is 10.3. The Morgan fingerprint density at radius 2 is 2.10 bits per heavy atom. The van der Waals surface area contributed by atoms with E-state index < -0.39 is 0 Å². The number of hydrogen-bond donors (Lipinski definition) is 2. The summed E-state index contributed by atoms with van der Waals surface area (Å²) in [4.78, 5) is 15.8. The van der Waals surface area contributed by atoms with Crippen LogP contribution in [0.5, 0.6) is 5.75 Å². The van der Waals surface area contributed by atoms with Gasteiger partial charge in [-0.25, -0.2) is 4.98 Å². The van der Waals surface area contributed by atoms with Crippen LogP contribution in [-0.4, -0.2) is 17.5 Å². The molecule has 0 fully saturated rings. The second-order valence-electron chi connectivity index (χ2n) is 4.05. The molecule has 5 nitrogen and oxygen atoms in total. The summed E-state index contributed by atoms with van der Waals surface area (Å²) in [5, 5.41) is 2.69. The largest absolute Gasteiger partial charge is 0.491 e. The molecule has 20 heavy (non-hydrogen) atoms. The Hall–Kier alpha value is -2.08. The zero-order chi connectivity index (χ0) is 14.4. The average Bonchev–Trinajstić information content (AvgIpc) is 2.43. The first-order chi connectivity index (χ1) is 9.65. The molecule has 1 amide bonds. The molecule has 6 heteroatoms. The molecular weight excluding hydrogens is 322 g/mol. The van der Waals surface area contributed by atoms with Crippen molar-refractivity contribution in [3.63, 3.8) is 0 Å². The highest BCUT2D eigenvalue weighted by Crippen LogP contribution is 2.19. The van der Waals surface area contributed by atoms with Gasteiger partial charge >= 0.3 is 0 Å². The Morgan fingerprint density at radius 1 is 1.30 bits per heavy atom. The summed E-state index contributed by atoms with van der Waals surface area (Å²) in [7, 11) is 0. The van der Waals surface area contributed by atoms with E-state index in [2.05, 4.69) is 26.2 Å². The maximum Gasteiger partial charge on any atom is 0.228 e. The van der Waals surface area contributed by atoms with Gasteiger partial charge in [-0.1, -0.05) is 12.1 Å². The van der Waals surface area contributed by atoms with Gasteiger partial charge in [-0.2, -0.15) is 0 Å². The minimum absolute atomic E-state index is 0.158. The fourth-order valence-electron chi connectivity index (χ4n) is 1.52. The minimum Gasteiger partial charge on any atom is -0.491 e. The minimum atomic E-state index is -0.158. The molecule has 0 saturated carbocycles. The lowest BCUT2D eigenvalue weighted by Gasteiger charge is -2.08. The van der Waals surface area contributed by atoms with Gasteiger partial charge in [0, 0.05) is 10.7 Å². The molecule has 0 spiro atoms. The van der Waals surface area contributed by atoms with Crippen LogP contribution in [-0.2, 0) is 4.79 Å². The molecule has 0 aliphatic carbocycles. The Balaban J connectivity index is 1.78. The second kappa shape index (κ2) is 6.91. The second-order valence-corrected chi connectivity index (χ2v) is 4.96. The first-order valence-electron chi connectivity index (χ1n) is 6.04. The number of amides is 1. The number of nitrogens with zero attached hydrogens (tertiary/aromatic N) is 1. The third-order valence-corrected chi connectivity index (χ3v) is 2.97. The first-order valence-corrected chi connectivity index (χ1v) is 6.83. The molecule has 0 saturated heterocycles. The van der Waals surface area contributed by atoms with Crippen LogP contribution in [0.1, 0.15) is 6.42 Å². The molecule has 3 N–H and O–H groups in total. The number of pyridine rings is 1. The highest BCUT2D eigenvalue weighted by Gasteiger charge is 2.05. The molecule has 0 radical (unpaired) electrons. The Kier molecular flexibility index (Phi) is 4.95. The highest BCUT2D eigenvalue weighted by molar-refractivity contribution is 9.10. The van der Waals surface area contributed by atoms with Crippen molar-refractivity contribution in [2.75, 3.05) is 17.7 Å². The maximum absolute atomic E-state index is 11.7. The standard InChI is InChI=1S/C14H14BrN3O2/c15-10-5-6-13(17-9-10)18-14(19)7-8-20-12-4-2-1-3-11(12)16/h1-6,9H,7-8,16H2,(H,17,18,19). The highest BCUT2D eigenvalue weighted by atomic mass is 79.9. The molecule has 0 unspecified atom stereocenters. The number of nitrogens with one attached hydrogen (secondary N) is 1. The number of para-hydroxylation sites is 2. The summed E-state index contributed by atoms with van der Waals surface area (Å²) in [6, 6.07) is 10.7. The number of rotatable bonds is 5. The topological polar surface area (TPSA) is 77.2 Å². The monoisotopic (exact) mass is 335 g/mol. The quantitative estimate of drug-likeness (QED) is 0.823. The van der Waals surface area contributed by atoms with Crippen molar-refractivity contribution >= 4 is 33.3 Å². The summed E-state index contributed by atoms with van der Waals surface area (Å²) in [6.45, 7) is 0.260. The van der Waals surface area contributed by atoms with Crippen molar-refractivity contribution in [2.24, 2.45) is 0 Å². The average molecular weight is 336 g/mol. The van der Waals surface area contributed by atoms with Crippen LogP contribution in [0.15, 0.2) is 47.1 Å². The number of hydrogen-bond acceptors (Lipinski definition) is 4. The van der Waals surface area contributed by atoms with E-state index in [0.29, 0.717) is 17.3 Å². The molecule has 0 atom stereocenters. The van der Waals surface area contributed by atoms with E-state index in [9.17, 15) is 4.79 Å². The SMILES string of the molecule is Nc1ccccc1OCCC(=O)Nc1ccc(Br)cn1. The van der Waals surface area contributed by atoms with E-state index in [1.807, 2.05) is 18.2 Å². The number of benzene rings is 1. The van der Waals surface area contributed by atoms with E-state index in [0.717, 1.165) is 4.47 Å². The van der Waals surface area contributed by atoms with Gasteiger partial charge in [0.1, 0.15) is 11.6 Å². The summed E-state index contributed by atoms with van der Waals surface area (Å²) in [6.07, 6.45) is 1.85. The Labute approximate surface area is 125 Å². The lowest BCUT2D eigenvalue weighted by Crippen LogP contribution is -2.16. The lowest BCUT2D eigenvalue weighted by molar-refractivity contribution is -0.116. The molecule has 1 aromatic heterocycles. The number of nitrogen functional groups attached to an aromatic ring is 1. The van der Waals surface area contributed by atoms with Crippen LogP contribution in [0, 0.1) is 0 Å². The van der Waals surface area contributed by atoms with Crippen molar-refractivity contribution in [2.45, 2.75) is 6.42 Å². The van der Waals surface area contributed by atoms with E-state index >= 15 is 0 Å². The number of aromatic nitrogens is 1. The normalized spacial score (nSPS) is 10.1. The molecule has 1 aromatic carbocycles. The van der Waals surface area contributed by atoms with Crippen LogP contribution in [0.3, 0.4) is 0 Å². The van der Waals surface area contributed by atoms with Crippen molar-refractivity contribution in [3.8, 4) is 5.75 Å². The van der Waals surface area contributed by atoms with Crippen molar-refractivity contribution in [1.29, 1.82) is 0 Å².